The van der Waals surface area contributed by atoms with E-state index in [1.165, 1.54) is 5.56 Å². The smallest absolute Gasteiger partial charge is 0.252 e. The molecule has 6 heteroatoms. The van der Waals surface area contributed by atoms with Gasteiger partial charge in [0.25, 0.3) is 5.91 Å². The van der Waals surface area contributed by atoms with Crippen molar-refractivity contribution in [1.29, 1.82) is 0 Å². The maximum absolute atomic E-state index is 12.6. The summed E-state index contributed by atoms with van der Waals surface area (Å²) in [6.45, 7) is 4.60. The topological polar surface area (TPSA) is 44.8 Å². The van der Waals surface area contributed by atoms with Crippen molar-refractivity contribution in [2.24, 2.45) is 0 Å². The third-order valence-corrected chi connectivity index (χ3v) is 5.75. The van der Waals surface area contributed by atoms with E-state index in [4.69, 9.17) is 4.74 Å². The van der Waals surface area contributed by atoms with Gasteiger partial charge in [0.15, 0.2) is 0 Å². The largest absolute Gasteiger partial charge is 0.497 e. The molecule has 0 bridgehead atoms. The van der Waals surface area contributed by atoms with Gasteiger partial charge in [0.1, 0.15) is 5.75 Å². The Morgan fingerprint density at radius 2 is 1.78 bits per heavy atom. The van der Waals surface area contributed by atoms with Crippen LogP contribution >= 0.6 is 15.9 Å². The van der Waals surface area contributed by atoms with Crippen molar-refractivity contribution in [2.45, 2.75) is 6.04 Å². The zero-order valence-electron chi connectivity index (χ0n) is 15.8. The van der Waals surface area contributed by atoms with Gasteiger partial charge in [0.2, 0.25) is 0 Å². The Labute approximate surface area is 169 Å². The van der Waals surface area contributed by atoms with Crippen LogP contribution in [0.5, 0.6) is 5.75 Å². The zero-order valence-corrected chi connectivity index (χ0v) is 17.4. The van der Waals surface area contributed by atoms with Gasteiger partial charge in [-0.1, -0.05) is 24.3 Å². The van der Waals surface area contributed by atoms with Gasteiger partial charge in [0, 0.05) is 37.2 Å². The number of halogens is 1. The van der Waals surface area contributed by atoms with Gasteiger partial charge in [-0.25, -0.2) is 0 Å². The van der Waals surface area contributed by atoms with Crippen LogP contribution in [-0.2, 0) is 0 Å². The highest BCUT2D eigenvalue weighted by Crippen LogP contribution is 2.24. The Balaban J connectivity index is 1.75. The molecule has 1 heterocycles. The van der Waals surface area contributed by atoms with E-state index in [0.717, 1.165) is 36.4 Å². The molecule has 3 rings (SSSR count). The van der Waals surface area contributed by atoms with Crippen molar-refractivity contribution < 1.29 is 9.53 Å². The molecule has 0 spiro atoms. The number of piperazine rings is 1. The van der Waals surface area contributed by atoms with Gasteiger partial charge >= 0.3 is 0 Å². The fourth-order valence-electron chi connectivity index (χ4n) is 3.35. The minimum Gasteiger partial charge on any atom is -0.497 e. The van der Waals surface area contributed by atoms with Gasteiger partial charge in [-0.15, -0.1) is 0 Å². The molecule has 1 aliphatic heterocycles. The molecule has 1 N–H and O–H groups in total. The second-order valence-electron chi connectivity index (χ2n) is 6.82. The average Bonchev–Trinajstić information content (AvgIpc) is 2.70. The molecule has 0 aliphatic carbocycles. The minimum absolute atomic E-state index is 0.0601. The molecular weight excluding hydrogens is 406 g/mol. The Bertz CT molecular complexity index is 758. The normalized spacial score (nSPS) is 16.7. The van der Waals surface area contributed by atoms with Crippen molar-refractivity contribution in [3.05, 3.63) is 64.1 Å². The van der Waals surface area contributed by atoms with Crippen molar-refractivity contribution >= 4 is 21.8 Å². The number of carbonyl (C=O) groups excluding carboxylic acids is 1. The highest BCUT2D eigenvalue weighted by atomic mass is 79.9. The molecule has 1 fully saturated rings. The number of rotatable bonds is 6. The van der Waals surface area contributed by atoms with Crippen LogP contribution in [0.3, 0.4) is 0 Å². The number of carbonyl (C=O) groups is 1. The van der Waals surface area contributed by atoms with Crippen molar-refractivity contribution in [3.63, 3.8) is 0 Å². The first-order valence-electron chi connectivity index (χ1n) is 9.17. The molecule has 1 saturated heterocycles. The number of hydrogen-bond donors (Lipinski definition) is 1. The fraction of sp³-hybridized carbons (Fsp3) is 0.381. The van der Waals surface area contributed by atoms with Gasteiger partial charge in [0.05, 0.1) is 18.7 Å². The van der Waals surface area contributed by atoms with Gasteiger partial charge in [-0.05, 0) is 52.8 Å². The summed E-state index contributed by atoms with van der Waals surface area (Å²) >= 11 is 3.46. The SMILES string of the molecule is COc1ccc(C(CNC(=O)c2ccccc2Br)N2CCN(C)CC2)cc1. The van der Waals surface area contributed by atoms with Crippen LogP contribution in [0.25, 0.3) is 0 Å². The lowest BCUT2D eigenvalue weighted by atomic mass is 10.0. The quantitative estimate of drug-likeness (QED) is 0.762. The predicted molar refractivity (Wildman–Crippen MR) is 111 cm³/mol. The Morgan fingerprint density at radius 3 is 2.41 bits per heavy atom. The fourth-order valence-corrected chi connectivity index (χ4v) is 3.81. The lowest BCUT2D eigenvalue weighted by Gasteiger charge is -2.38. The maximum atomic E-state index is 12.6. The zero-order chi connectivity index (χ0) is 19.2. The second kappa shape index (κ2) is 9.35. The number of benzene rings is 2. The first-order valence-corrected chi connectivity index (χ1v) is 9.97. The lowest BCUT2D eigenvalue weighted by Crippen LogP contribution is -2.48. The van der Waals surface area contributed by atoms with Crippen LogP contribution in [0.15, 0.2) is 53.0 Å². The average molecular weight is 432 g/mol. The van der Waals surface area contributed by atoms with Crippen LogP contribution in [0, 0.1) is 0 Å². The molecular formula is C21H26BrN3O2. The molecule has 0 aromatic heterocycles. The predicted octanol–water partition coefficient (Wildman–Crippen LogP) is 3.18. The van der Waals surface area contributed by atoms with Crippen LogP contribution < -0.4 is 10.1 Å². The first-order chi connectivity index (χ1) is 13.1. The summed E-state index contributed by atoms with van der Waals surface area (Å²) < 4.78 is 6.09. The number of methoxy groups -OCH3 is 1. The Kier molecular flexibility index (Phi) is 6.88. The minimum atomic E-state index is -0.0601. The molecule has 1 atom stereocenters. The van der Waals surface area contributed by atoms with Gasteiger partial charge in [-0.3, -0.25) is 9.69 Å². The number of nitrogens with one attached hydrogen (secondary N) is 1. The number of hydrogen-bond acceptors (Lipinski definition) is 4. The summed E-state index contributed by atoms with van der Waals surface area (Å²) in [5, 5.41) is 3.12. The molecule has 1 unspecified atom stereocenters. The molecule has 5 nitrogen and oxygen atoms in total. The molecule has 1 amide bonds. The molecule has 0 saturated carbocycles. The van der Waals surface area contributed by atoms with Gasteiger partial charge in [-0.2, -0.15) is 0 Å². The summed E-state index contributed by atoms with van der Waals surface area (Å²) in [6, 6.07) is 15.8. The first kappa shape index (κ1) is 19.9. The molecule has 2 aromatic rings. The van der Waals surface area contributed by atoms with Crippen LogP contribution in [-0.4, -0.2) is 62.6 Å². The molecule has 1 aliphatic rings. The van der Waals surface area contributed by atoms with Crippen LogP contribution in [0.2, 0.25) is 0 Å². The Hall–Kier alpha value is -1.89. The van der Waals surface area contributed by atoms with Gasteiger partial charge < -0.3 is 15.0 Å². The molecule has 2 aromatic carbocycles. The number of amides is 1. The monoisotopic (exact) mass is 431 g/mol. The van der Waals surface area contributed by atoms with E-state index in [0.29, 0.717) is 12.1 Å². The van der Waals surface area contributed by atoms with E-state index in [2.05, 4.69) is 50.2 Å². The lowest BCUT2D eigenvalue weighted by molar-refractivity contribution is 0.0885. The highest BCUT2D eigenvalue weighted by Gasteiger charge is 2.25. The third kappa shape index (κ3) is 5.09. The van der Waals surface area contributed by atoms with E-state index < -0.39 is 0 Å². The van der Waals surface area contributed by atoms with Crippen molar-refractivity contribution in [3.8, 4) is 5.75 Å². The van der Waals surface area contributed by atoms with E-state index in [-0.39, 0.29) is 11.9 Å². The summed E-state index contributed by atoms with van der Waals surface area (Å²) in [6.07, 6.45) is 0. The van der Waals surface area contributed by atoms with Crippen LogP contribution in [0.4, 0.5) is 0 Å². The summed E-state index contributed by atoms with van der Waals surface area (Å²) in [5.74, 6) is 0.781. The molecule has 27 heavy (non-hydrogen) atoms. The number of ether oxygens (including phenoxy) is 1. The number of likely N-dealkylation sites (N-methyl/N-ethyl adjacent to an activating group) is 1. The van der Waals surface area contributed by atoms with Crippen LogP contribution in [0.1, 0.15) is 22.0 Å². The van der Waals surface area contributed by atoms with E-state index in [1.807, 2.05) is 36.4 Å². The Morgan fingerprint density at radius 1 is 1.11 bits per heavy atom. The highest BCUT2D eigenvalue weighted by molar-refractivity contribution is 9.10. The molecule has 144 valence electrons. The maximum Gasteiger partial charge on any atom is 0.252 e. The van der Waals surface area contributed by atoms with E-state index in [1.54, 1.807) is 7.11 Å². The molecule has 0 radical (unpaired) electrons. The number of nitrogens with zero attached hydrogens (tertiary/aromatic N) is 2. The van der Waals surface area contributed by atoms with E-state index >= 15 is 0 Å². The summed E-state index contributed by atoms with van der Waals surface area (Å²) in [7, 11) is 3.82. The third-order valence-electron chi connectivity index (χ3n) is 5.05. The summed E-state index contributed by atoms with van der Waals surface area (Å²) in [5.41, 5.74) is 1.84. The van der Waals surface area contributed by atoms with Crippen molar-refractivity contribution in [2.75, 3.05) is 46.9 Å². The summed E-state index contributed by atoms with van der Waals surface area (Å²) in [4.78, 5) is 17.4. The second-order valence-corrected chi connectivity index (χ2v) is 7.67. The van der Waals surface area contributed by atoms with Crippen molar-refractivity contribution in [1.82, 2.24) is 15.1 Å². The van der Waals surface area contributed by atoms with E-state index in [9.17, 15) is 4.79 Å². The standard InChI is InChI=1S/C21H26BrN3O2/c1-24-11-13-25(14-12-24)20(16-7-9-17(27-2)10-8-16)15-23-21(26)18-5-3-4-6-19(18)22/h3-10,20H,11-15H2,1-2H3,(H,23,26).